The second-order valence-electron chi connectivity index (χ2n) is 4.50. The first-order chi connectivity index (χ1) is 7.92. The maximum Gasteiger partial charge on any atom is 0.160 e. The summed E-state index contributed by atoms with van der Waals surface area (Å²) in [5.74, 6) is -1.23. The molecule has 3 nitrogen and oxygen atoms in total. The summed E-state index contributed by atoms with van der Waals surface area (Å²) in [6.45, 7) is 2.98. The summed E-state index contributed by atoms with van der Waals surface area (Å²) in [6, 6.07) is 7.58. The van der Waals surface area contributed by atoms with E-state index in [1.807, 2.05) is 24.3 Å². The number of benzene rings is 1. The van der Waals surface area contributed by atoms with Crippen molar-refractivity contribution < 1.29 is 14.9 Å². The molecule has 0 radical (unpaired) electrons. The van der Waals surface area contributed by atoms with Gasteiger partial charge in [-0.15, -0.1) is 0 Å². The van der Waals surface area contributed by atoms with Gasteiger partial charge in [-0.25, -0.2) is 0 Å². The molecule has 96 valence electrons. The minimum atomic E-state index is -1.23. The fraction of sp³-hybridized carbons (Fsp3) is 0.538. The van der Waals surface area contributed by atoms with E-state index < -0.39 is 5.79 Å². The molecule has 0 aliphatic rings. The van der Waals surface area contributed by atoms with E-state index in [1.54, 1.807) is 13.8 Å². The number of aliphatic hydroxyl groups is 2. The zero-order valence-electron chi connectivity index (χ0n) is 10.2. The van der Waals surface area contributed by atoms with Crippen LogP contribution in [0.25, 0.3) is 0 Å². The molecule has 0 bridgehead atoms. The van der Waals surface area contributed by atoms with E-state index in [2.05, 4.69) is 0 Å². The van der Waals surface area contributed by atoms with Gasteiger partial charge in [-0.3, -0.25) is 0 Å². The van der Waals surface area contributed by atoms with E-state index in [0.717, 1.165) is 5.56 Å². The van der Waals surface area contributed by atoms with E-state index >= 15 is 0 Å². The molecule has 0 saturated heterocycles. The zero-order chi connectivity index (χ0) is 12.9. The van der Waals surface area contributed by atoms with Crippen LogP contribution in [0.1, 0.15) is 25.8 Å². The lowest BCUT2D eigenvalue weighted by atomic mass is 10.1. The minimum absolute atomic E-state index is 0.117. The summed E-state index contributed by atoms with van der Waals surface area (Å²) in [7, 11) is 0. The van der Waals surface area contributed by atoms with Crippen LogP contribution in [-0.4, -0.2) is 28.7 Å². The molecule has 0 fully saturated rings. The van der Waals surface area contributed by atoms with Crippen LogP contribution in [0, 0.1) is 0 Å². The fourth-order valence-corrected chi connectivity index (χ4v) is 1.84. The molecule has 0 heterocycles. The summed E-state index contributed by atoms with van der Waals surface area (Å²) in [4.78, 5) is 0. The van der Waals surface area contributed by atoms with Gasteiger partial charge in [0.1, 0.15) is 0 Å². The Bertz CT molecular complexity index is 347. The Morgan fingerprint density at radius 3 is 2.53 bits per heavy atom. The van der Waals surface area contributed by atoms with Gasteiger partial charge >= 0.3 is 0 Å². The van der Waals surface area contributed by atoms with Gasteiger partial charge in [-0.2, -0.15) is 0 Å². The standard InChI is InChI=1S/C13H19ClO3/c1-13(2,16)17-11(9-15)8-7-10-5-3-4-6-12(10)14/h3-6,11,15-16H,7-9H2,1-2H3. The number of rotatable bonds is 6. The first kappa shape index (κ1) is 14.5. The van der Waals surface area contributed by atoms with E-state index in [1.165, 1.54) is 0 Å². The van der Waals surface area contributed by atoms with Crippen molar-refractivity contribution >= 4 is 11.6 Å². The van der Waals surface area contributed by atoms with Crippen LogP contribution in [0.2, 0.25) is 5.02 Å². The van der Waals surface area contributed by atoms with Crippen molar-refractivity contribution in [3.8, 4) is 0 Å². The minimum Gasteiger partial charge on any atom is -0.394 e. The Balaban J connectivity index is 2.51. The van der Waals surface area contributed by atoms with E-state index in [-0.39, 0.29) is 12.7 Å². The van der Waals surface area contributed by atoms with Crippen LogP contribution in [-0.2, 0) is 11.2 Å². The van der Waals surface area contributed by atoms with Crippen molar-refractivity contribution in [2.75, 3.05) is 6.61 Å². The highest BCUT2D eigenvalue weighted by molar-refractivity contribution is 6.31. The summed E-state index contributed by atoms with van der Waals surface area (Å²) < 4.78 is 5.31. The summed E-state index contributed by atoms with van der Waals surface area (Å²) in [5, 5.41) is 19.4. The molecule has 1 aromatic rings. The van der Waals surface area contributed by atoms with Crippen molar-refractivity contribution in [3.05, 3.63) is 34.9 Å². The van der Waals surface area contributed by atoms with Crippen molar-refractivity contribution in [1.82, 2.24) is 0 Å². The smallest absolute Gasteiger partial charge is 0.160 e. The topological polar surface area (TPSA) is 49.7 Å². The van der Waals surface area contributed by atoms with Gasteiger partial charge in [0.15, 0.2) is 5.79 Å². The SMILES string of the molecule is CC(C)(O)OC(CO)CCc1ccccc1Cl. The third-order valence-corrected chi connectivity index (χ3v) is 2.72. The van der Waals surface area contributed by atoms with E-state index in [4.69, 9.17) is 21.4 Å². The normalized spacial score (nSPS) is 13.7. The molecule has 0 aromatic heterocycles. The molecule has 0 aliphatic heterocycles. The lowest BCUT2D eigenvalue weighted by Crippen LogP contribution is -2.32. The van der Waals surface area contributed by atoms with Gasteiger partial charge in [0.05, 0.1) is 12.7 Å². The highest BCUT2D eigenvalue weighted by Crippen LogP contribution is 2.19. The molecular weight excluding hydrogens is 240 g/mol. The van der Waals surface area contributed by atoms with Crippen molar-refractivity contribution in [1.29, 1.82) is 0 Å². The number of aryl methyl sites for hydroxylation is 1. The Kier molecular flexibility index (Phi) is 5.40. The first-order valence-corrected chi connectivity index (χ1v) is 6.04. The average molecular weight is 259 g/mol. The molecule has 1 rings (SSSR count). The molecule has 1 unspecified atom stereocenters. The summed E-state index contributed by atoms with van der Waals surface area (Å²) in [6.07, 6.45) is 0.942. The van der Waals surface area contributed by atoms with Crippen LogP contribution < -0.4 is 0 Å². The molecule has 17 heavy (non-hydrogen) atoms. The van der Waals surface area contributed by atoms with E-state index in [9.17, 15) is 5.11 Å². The third kappa shape index (κ3) is 5.50. The monoisotopic (exact) mass is 258 g/mol. The molecule has 0 amide bonds. The number of aliphatic hydroxyl groups excluding tert-OH is 1. The highest BCUT2D eigenvalue weighted by atomic mass is 35.5. The zero-order valence-corrected chi connectivity index (χ0v) is 10.9. The number of hydrogen-bond acceptors (Lipinski definition) is 3. The first-order valence-electron chi connectivity index (χ1n) is 5.67. The van der Waals surface area contributed by atoms with Crippen molar-refractivity contribution in [3.63, 3.8) is 0 Å². The Hall–Kier alpha value is -0.610. The number of ether oxygens (including phenoxy) is 1. The lowest BCUT2D eigenvalue weighted by Gasteiger charge is -2.25. The van der Waals surface area contributed by atoms with Gasteiger partial charge < -0.3 is 14.9 Å². The van der Waals surface area contributed by atoms with E-state index in [0.29, 0.717) is 17.9 Å². The average Bonchev–Trinajstić information content (AvgIpc) is 2.24. The predicted octanol–water partition coefficient (Wildman–Crippen LogP) is 2.38. The van der Waals surface area contributed by atoms with Gasteiger partial charge in [0.25, 0.3) is 0 Å². The predicted molar refractivity (Wildman–Crippen MR) is 68.0 cm³/mol. The maximum absolute atomic E-state index is 9.51. The quantitative estimate of drug-likeness (QED) is 0.771. The summed E-state index contributed by atoms with van der Waals surface area (Å²) >= 11 is 6.03. The molecular formula is C13H19ClO3. The van der Waals surface area contributed by atoms with Gasteiger partial charge in [-0.05, 0) is 38.3 Å². The largest absolute Gasteiger partial charge is 0.394 e. The Morgan fingerprint density at radius 1 is 1.35 bits per heavy atom. The molecule has 0 aliphatic carbocycles. The summed E-state index contributed by atoms with van der Waals surface area (Å²) in [5.41, 5.74) is 1.02. The number of hydrogen-bond donors (Lipinski definition) is 2. The third-order valence-electron chi connectivity index (χ3n) is 2.35. The molecule has 0 spiro atoms. The molecule has 2 N–H and O–H groups in total. The molecule has 1 aromatic carbocycles. The second kappa shape index (κ2) is 6.36. The van der Waals surface area contributed by atoms with Gasteiger partial charge in [0.2, 0.25) is 0 Å². The number of halogens is 1. The molecule has 0 saturated carbocycles. The van der Waals surface area contributed by atoms with Crippen LogP contribution in [0.15, 0.2) is 24.3 Å². The highest BCUT2D eigenvalue weighted by Gasteiger charge is 2.19. The van der Waals surface area contributed by atoms with Gasteiger partial charge in [-0.1, -0.05) is 29.8 Å². The lowest BCUT2D eigenvalue weighted by molar-refractivity contribution is -0.213. The molecule has 4 heteroatoms. The van der Waals surface area contributed by atoms with Crippen molar-refractivity contribution in [2.24, 2.45) is 0 Å². The second-order valence-corrected chi connectivity index (χ2v) is 4.91. The maximum atomic E-state index is 9.51. The van der Waals surface area contributed by atoms with Crippen LogP contribution in [0.5, 0.6) is 0 Å². The van der Waals surface area contributed by atoms with Crippen molar-refractivity contribution in [2.45, 2.75) is 38.6 Å². The van der Waals surface area contributed by atoms with Crippen LogP contribution >= 0.6 is 11.6 Å². The Labute approximate surface area is 107 Å². The van der Waals surface area contributed by atoms with Crippen LogP contribution in [0.4, 0.5) is 0 Å². The molecule has 1 atom stereocenters. The fourth-order valence-electron chi connectivity index (χ4n) is 1.61. The van der Waals surface area contributed by atoms with Gasteiger partial charge in [0, 0.05) is 5.02 Å². The Morgan fingerprint density at radius 2 is 2.00 bits per heavy atom. The van der Waals surface area contributed by atoms with Crippen LogP contribution in [0.3, 0.4) is 0 Å².